The van der Waals surface area contributed by atoms with Crippen molar-refractivity contribution in [2.75, 3.05) is 6.54 Å². The number of hydrogen-bond donors (Lipinski definition) is 1. The summed E-state index contributed by atoms with van der Waals surface area (Å²) in [6.07, 6.45) is 44.9. The van der Waals surface area contributed by atoms with E-state index in [1.165, 1.54) is 206 Å². The molecule has 0 aromatic heterocycles. The third-order valence-corrected chi connectivity index (χ3v) is 8.53. The summed E-state index contributed by atoms with van der Waals surface area (Å²) in [4.78, 5) is 0. The van der Waals surface area contributed by atoms with Gasteiger partial charge in [-0.05, 0) is 25.8 Å². The molecule has 0 saturated heterocycles. The van der Waals surface area contributed by atoms with Gasteiger partial charge in [0.2, 0.25) is 0 Å². The number of hydrogen-bond acceptors (Lipinski definition) is 1. The van der Waals surface area contributed by atoms with Gasteiger partial charge >= 0.3 is 0 Å². The van der Waals surface area contributed by atoms with Gasteiger partial charge < -0.3 is 5.32 Å². The number of nitrogens with one attached hydrogen (secondary N) is 1. The molecule has 0 aliphatic heterocycles. The summed E-state index contributed by atoms with van der Waals surface area (Å²) in [5, 5.41) is 3.97. The van der Waals surface area contributed by atoms with Crippen LogP contribution in [0.5, 0.6) is 0 Å². The van der Waals surface area contributed by atoms with E-state index in [1.807, 2.05) is 0 Å². The van der Waals surface area contributed by atoms with Crippen molar-refractivity contribution in [1.82, 2.24) is 5.32 Å². The monoisotopic (exact) mass is 522 g/mol. The van der Waals surface area contributed by atoms with E-state index in [2.05, 4.69) is 26.1 Å². The van der Waals surface area contributed by atoms with Gasteiger partial charge in [0.15, 0.2) is 0 Å². The highest BCUT2D eigenvalue weighted by molar-refractivity contribution is 4.68. The second-order valence-corrected chi connectivity index (χ2v) is 12.4. The Hall–Kier alpha value is -0.0400. The molecular formula is C36H75N. The van der Waals surface area contributed by atoms with E-state index in [0.29, 0.717) is 0 Å². The SMILES string of the molecule is CCCCCCCCCCCCCCCCCCC(CCCCCCCCC)NCCCCCCCC. The predicted octanol–water partition coefficient (Wildman–Crippen LogP) is 13.1. The van der Waals surface area contributed by atoms with Crippen molar-refractivity contribution < 1.29 is 0 Å². The molecule has 224 valence electrons. The Morgan fingerprint density at radius 3 is 0.838 bits per heavy atom. The Morgan fingerprint density at radius 2 is 0.541 bits per heavy atom. The molecule has 0 radical (unpaired) electrons. The van der Waals surface area contributed by atoms with Crippen LogP contribution in [0.25, 0.3) is 0 Å². The minimum absolute atomic E-state index is 0.790. The zero-order valence-electron chi connectivity index (χ0n) is 26.7. The summed E-state index contributed by atoms with van der Waals surface area (Å²) in [5.74, 6) is 0. The number of unbranched alkanes of at least 4 members (excludes halogenated alkanes) is 26. The first-order valence-corrected chi connectivity index (χ1v) is 18.1. The summed E-state index contributed by atoms with van der Waals surface area (Å²) in [6.45, 7) is 8.20. The van der Waals surface area contributed by atoms with Gasteiger partial charge in [-0.3, -0.25) is 0 Å². The fraction of sp³-hybridized carbons (Fsp3) is 1.00. The molecule has 0 spiro atoms. The molecule has 1 nitrogen and oxygen atoms in total. The van der Waals surface area contributed by atoms with Crippen molar-refractivity contribution in [2.24, 2.45) is 0 Å². The van der Waals surface area contributed by atoms with E-state index in [4.69, 9.17) is 0 Å². The van der Waals surface area contributed by atoms with Crippen LogP contribution < -0.4 is 5.32 Å². The van der Waals surface area contributed by atoms with E-state index in [1.54, 1.807) is 0 Å². The van der Waals surface area contributed by atoms with Gasteiger partial charge in [0.25, 0.3) is 0 Å². The number of rotatable bonds is 33. The lowest BCUT2D eigenvalue weighted by Crippen LogP contribution is -2.30. The second kappa shape index (κ2) is 34.0. The van der Waals surface area contributed by atoms with Crippen LogP contribution in [0.15, 0.2) is 0 Å². The van der Waals surface area contributed by atoms with Gasteiger partial charge in [0, 0.05) is 6.04 Å². The first-order chi connectivity index (χ1) is 18.3. The van der Waals surface area contributed by atoms with E-state index in [9.17, 15) is 0 Å². The lowest BCUT2D eigenvalue weighted by molar-refractivity contribution is 0.405. The third-order valence-electron chi connectivity index (χ3n) is 8.53. The third kappa shape index (κ3) is 32.1. The maximum Gasteiger partial charge on any atom is 0.00670 e. The Bertz CT molecular complexity index is 361. The van der Waals surface area contributed by atoms with Gasteiger partial charge in [-0.15, -0.1) is 0 Å². The van der Waals surface area contributed by atoms with Crippen LogP contribution in [0.2, 0.25) is 0 Å². The van der Waals surface area contributed by atoms with Crippen LogP contribution in [0.1, 0.15) is 220 Å². The molecule has 0 amide bonds. The molecular weight excluding hydrogens is 446 g/mol. The highest BCUT2D eigenvalue weighted by atomic mass is 14.9. The molecule has 1 atom stereocenters. The Morgan fingerprint density at radius 1 is 0.297 bits per heavy atom. The van der Waals surface area contributed by atoms with E-state index < -0.39 is 0 Å². The van der Waals surface area contributed by atoms with Crippen molar-refractivity contribution in [3.63, 3.8) is 0 Å². The minimum atomic E-state index is 0.790. The normalized spacial score (nSPS) is 12.4. The lowest BCUT2D eigenvalue weighted by Gasteiger charge is -2.19. The average Bonchev–Trinajstić information content (AvgIpc) is 2.91. The molecule has 0 fully saturated rings. The zero-order valence-corrected chi connectivity index (χ0v) is 26.7. The quantitative estimate of drug-likeness (QED) is 0.0846. The van der Waals surface area contributed by atoms with Gasteiger partial charge in [0.1, 0.15) is 0 Å². The second-order valence-electron chi connectivity index (χ2n) is 12.4. The first-order valence-electron chi connectivity index (χ1n) is 18.1. The van der Waals surface area contributed by atoms with Crippen LogP contribution in [0, 0.1) is 0 Å². The zero-order chi connectivity index (χ0) is 26.9. The molecule has 0 aromatic carbocycles. The van der Waals surface area contributed by atoms with Crippen LogP contribution in [-0.2, 0) is 0 Å². The van der Waals surface area contributed by atoms with Crippen molar-refractivity contribution in [3.05, 3.63) is 0 Å². The van der Waals surface area contributed by atoms with Crippen LogP contribution >= 0.6 is 0 Å². The van der Waals surface area contributed by atoms with Crippen LogP contribution in [-0.4, -0.2) is 12.6 Å². The standard InChI is InChI=1S/C36H75N/c1-4-7-10-13-16-17-18-19-20-21-22-23-24-26-28-31-34-36(33-30-27-25-14-11-8-5-2)37-35-32-29-15-12-9-6-3/h36-37H,4-35H2,1-3H3. The maximum absolute atomic E-state index is 3.97. The largest absolute Gasteiger partial charge is 0.314 e. The van der Waals surface area contributed by atoms with Crippen molar-refractivity contribution in [3.8, 4) is 0 Å². The topological polar surface area (TPSA) is 12.0 Å². The fourth-order valence-corrected chi connectivity index (χ4v) is 5.85. The lowest BCUT2D eigenvalue weighted by atomic mass is 9.99. The average molecular weight is 522 g/mol. The molecule has 1 N–H and O–H groups in total. The molecule has 0 aromatic rings. The highest BCUT2D eigenvalue weighted by Gasteiger charge is 2.08. The Kier molecular flexibility index (Phi) is 34.0. The predicted molar refractivity (Wildman–Crippen MR) is 172 cm³/mol. The molecule has 0 aliphatic rings. The molecule has 0 aliphatic carbocycles. The van der Waals surface area contributed by atoms with Gasteiger partial charge in [-0.25, -0.2) is 0 Å². The smallest absolute Gasteiger partial charge is 0.00670 e. The summed E-state index contributed by atoms with van der Waals surface area (Å²) >= 11 is 0. The Labute approximate surface area is 237 Å². The highest BCUT2D eigenvalue weighted by Crippen LogP contribution is 2.17. The minimum Gasteiger partial charge on any atom is -0.314 e. The van der Waals surface area contributed by atoms with Crippen LogP contribution in [0.4, 0.5) is 0 Å². The van der Waals surface area contributed by atoms with E-state index in [-0.39, 0.29) is 0 Å². The molecule has 1 heteroatoms. The maximum atomic E-state index is 3.97. The Balaban J connectivity index is 3.69. The molecule has 0 saturated carbocycles. The first kappa shape index (κ1) is 37.0. The summed E-state index contributed by atoms with van der Waals surface area (Å²) < 4.78 is 0. The van der Waals surface area contributed by atoms with Gasteiger partial charge in [-0.1, -0.05) is 201 Å². The molecule has 0 heterocycles. The van der Waals surface area contributed by atoms with E-state index >= 15 is 0 Å². The van der Waals surface area contributed by atoms with Crippen molar-refractivity contribution in [1.29, 1.82) is 0 Å². The van der Waals surface area contributed by atoms with Gasteiger partial charge in [0.05, 0.1) is 0 Å². The van der Waals surface area contributed by atoms with E-state index in [0.717, 1.165) is 6.04 Å². The fourth-order valence-electron chi connectivity index (χ4n) is 5.85. The molecule has 0 rings (SSSR count). The molecule has 1 unspecified atom stereocenters. The van der Waals surface area contributed by atoms with Crippen molar-refractivity contribution >= 4 is 0 Å². The summed E-state index contributed by atoms with van der Waals surface area (Å²) in [7, 11) is 0. The van der Waals surface area contributed by atoms with Crippen molar-refractivity contribution in [2.45, 2.75) is 226 Å². The summed E-state index contributed by atoms with van der Waals surface area (Å²) in [6, 6.07) is 0.790. The molecule has 37 heavy (non-hydrogen) atoms. The molecule has 0 bridgehead atoms. The van der Waals surface area contributed by atoms with Crippen LogP contribution in [0.3, 0.4) is 0 Å². The van der Waals surface area contributed by atoms with Gasteiger partial charge in [-0.2, -0.15) is 0 Å². The summed E-state index contributed by atoms with van der Waals surface area (Å²) in [5.41, 5.74) is 0.